The van der Waals surface area contributed by atoms with Crippen LogP contribution in [-0.4, -0.2) is 0 Å². The molecule has 10 rings (SSSR count). The van der Waals surface area contributed by atoms with Crippen LogP contribution in [0.4, 0.5) is 0 Å². The van der Waals surface area contributed by atoms with Crippen molar-refractivity contribution in [2.75, 3.05) is 0 Å². The van der Waals surface area contributed by atoms with Gasteiger partial charge in [-0.15, -0.1) is 0 Å². The van der Waals surface area contributed by atoms with Gasteiger partial charge in [-0.3, -0.25) is 0 Å². The maximum Gasteiger partial charge on any atom is -0.00141 e. The zero-order valence-electron chi connectivity index (χ0n) is 33.2. The number of benzene rings is 10. The van der Waals surface area contributed by atoms with Crippen LogP contribution in [0.3, 0.4) is 0 Å². The van der Waals surface area contributed by atoms with Crippen LogP contribution in [0.2, 0.25) is 0 Å². The molecule has 0 radical (unpaired) electrons. The van der Waals surface area contributed by atoms with Gasteiger partial charge in [0.2, 0.25) is 0 Å². The van der Waals surface area contributed by atoms with Crippen molar-refractivity contribution in [3.8, 4) is 55.6 Å². The summed E-state index contributed by atoms with van der Waals surface area (Å²) in [4.78, 5) is 0. The molecule has 0 heterocycles. The summed E-state index contributed by atoms with van der Waals surface area (Å²) in [6.45, 7) is 0. The van der Waals surface area contributed by atoms with Crippen molar-refractivity contribution in [2.24, 2.45) is 0 Å². The van der Waals surface area contributed by atoms with Crippen molar-refractivity contribution in [1.82, 2.24) is 0 Å². The average Bonchev–Trinajstić information content (AvgIpc) is 3.33. The standard InChI is InChI=1S/C60H42/c1-4-15-43(16-5-1)29-31-45-19-12-23-52(41-45)47-33-37-50(38-34-47)58-55-25-10-11-26-56(55)59(60-54(27-14-28-57(58)60)49-21-8-3-9-22-49)51-39-35-48(36-40-51)53-24-13-20-46(42-53)32-30-44-17-6-2-7-18-44/h1-42H/b31-29+,32-30+. The van der Waals surface area contributed by atoms with Crippen molar-refractivity contribution in [1.29, 1.82) is 0 Å². The van der Waals surface area contributed by atoms with Gasteiger partial charge in [0.05, 0.1) is 0 Å². The Morgan fingerprint density at radius 1 is 0.217 bits per heavy atom. The molecule has 0 spiro atoms. The summed E-state index contributed by atoms with van der Waals surface area (Å²) in [5.41, 5.74) is 16.9. The minimum Gasteiger partial charge on any atom is -0.0622 e. The third-order valence-corrected chi connectivity index (χ3v) is 11.5. The van der Waals surface area contributed by atoms with E-state index in [1.54, 1.807) is 0 Å². The molecule has 0 N–H and O–H groups in total. The highest BCUT2D eigenvalue weighted by Crippen LogP contribution is 2.47. The van der Waals surface area contributed by atoms with Crippen LogP contribution >= 0.6 is 0 Å². The maximum absolute atomic E-state index is 2.31. The van der Waals surface area contributed by atoms with Crippen LogP contribution in [0.1, 0.15) is 22.3 Å². The molecule has 0 atom stereocenters. The van der Waals surface area contributed by atoms with Crippen LogP contribution in [0.25, 0.3) is 101 Å². The van der Waals surface area contributed by atoms with Gasteiger partial charge in [-0.05, 0) is 112 Å². The van der Waals surface area contributed by atoms with E-state index in [1.807, 2.05) is 0 Å². The van der Waals surface area contributed by atoms with Gasteiger partial charge < -0.3 is 0 Å². The Balaban J connectivity index is 1.07. The Morgan fingerprint density at radius 2 is 0.583 bits per heavy atom. The Kier molecular flexibility index (Phi) is 10.1. The van der Waals surface area contributed by atoms with Crippen molar-refractivity contribution in [3.05, 3.63) is 253 Å². The highest BCUT2D eigenvalue weighted by atomic mass is 14.2. The molecule has 0 nitrogen and oxygen atoms in total. The topological polar surface area (TPSA) is 0 Å². The molecular weight excluding hydrogens is 721 g/mol. The Bertz CT molecular complexity index is 3130. The first-order chi connectivity index (χ1) is 29.7. The predicted molar refractivity (Wildman–Crippen MR) is 259 cm³/mol. The fourth-order valence-electron chi connectivity index (χ4n) is 8.51. The molecule has 282 valence electrons. The molecule has 0 bridgehead atoms. The van der Waals surface area contributed by atoms with Crippen molar-refractivity contribution in [2.45, 2.75) is 0 Å². The third-order valence-electron chi connectivity index (χ3n) is 11.5. The van der Waals surface area contributed by atoms with E-state index in [0.717, 1.165) is 0 Å². The Morgan fingerprint density at radius 3 is 1.12 bits per heavy atom. The highest BCUT2D eigenvalue weighted by molar-refractivity contribution is 6.24. The smallest absolute Gasteiger partial charge is 0.00141 e. The van der Waals surface area contributed by atoms with Gasteiger partial charge in [0, 0.05) is 0 Å². The molecule has 0 fully saturated rings. The summed E-state index contributed by atoms with van der Waals surface area (Å²) in [6.07, 6.45) is 8.72. The van der Waals surface area contributed by atoms with Crippen molar-refractivity contribution >= 4 is 45.8 Å². The molecule has 0 saturated heterocycles. The molecule has 0 saturated carbocycles. The van der Waals surface area contributed by atoms with Gasteiger partial charge in [0.25, 0.3) is 0 Å². The van der Waals surface area contributed by atoms with E-state index >= 15 is 0 Å². The van der Waals surface area contributed by atoms with Gasteiger partial charge in [-0.25, -0.2) is 0 Å². The second-order valence-corrected chi connectivity index (χ2v) is 15.3. The summed E-state index contributed by atoms with van der Waals surface area (Å²) in [7, 11) is 0. The zero-order valence-corrected chi connectivity index (χ0v) is 33.2. The summed E-state index contributed by atoms with van der Waals surface area (Å²) in [5.74, 6) is 0. The fraction of sp³-hybridized carbons (Fsp3) is 0. The average molecular weight is 763 g/mol. The zero-order chi connectivity index (χ0) is 40.1. The monoisotopic (exact) mass is 762 g/mol. The largest absolute Gasteiger partial charge is 0.0622 e. The lowest BCUT2D eigenvalue weighted by Gasteiger charge is -2.20. The molecule has 0 aliphatic carbocycles. The summed E-state index contributed by atoms with van der Waals surface area (Å²) in [6, 6.07) is 83.4. The molecule has 60 heavy (non-hydrogen) atoms. The first kappa shape index (κ1) is 36.5. The SMILES string of the molecule is C(=C\c1cccc(-c2ccc(-c3c4ccccc4c(-c4ccc(-c5cccc(/C=C/c6ccccc6)c5)cc4)c4c(-c5ccccc5)cccc34)cc2)c1)/c1ccccc1. The van der Waals surface area contributed by atoms with Crippen LogP contribution in [0.15, 0.2) is 231 Å². The Labute approximate surface area is 352 Å². The van der Waals surface area contributed by atoms with Crippen LogP contribution in [0, 0.1) is 0 Å². The lowest BCUT2D eigenvalue weighted by atomic mass is 9.82. The number of hydrogen-bond donors (Lipinski definition) is 0. The maximum atomic E-state index is 2.31. The van der Waals surface area contributed by atoms with Crippen molar-refractivity contribution in [3.63, 3.8) is 0 Å². The summed E-state index contributed by atoms with van der Waals surface area (Å²) < 4.78 is 0. The van der Waals surface area contributed by atoms with Crippen LogP contribution in [-0.2, 0) is 0 Å². The molecule has 0 aromatic heterocycles. The van der Waals surface area contributed by atoms with E-state index in [2.05, 4.69) is 255 Å². The molecule has 10 aromatic rings. The molecule has 0 aliphatic heterocycles. The molecule has 0 amide bonds. The first-order valence-corrected chi connectivity index (χ1v) is 20.7. The van der Waals surface area contributed by atoms with Gasteiger partial charge in [-0.1, -0.05) is 243 Å². The number of hydrogen-bond acceptors (Lipinski definition) is 0. The van der Waals surface area contributed by atoms with Gasteiger partial charge in [0.15, 0.2) is 0 Å². The summed E-state index contributed by atoms with van der Waals surface area (Å²) in [5, 5.41) is 4.99. The van der Waals surface area contributed by atoms with E-state index in [9.17, 15) is 0 Å². The van der Waals surface area contributed by atoms with Crippen LogP contribution < -0.4 is 0 Å². The summed E-state index contributed by atoms with van der Waals surface area (Å²) >= 11 is 0. The lowest BCUT2D eigenvalue weighted by molar-refractivity contribution is 1.58. The van der Waals surface area contributed by atoms with Gasteiger partial charge in [0.1, 0.15) is 0 Å². The van der Waals surface area contributed by atoms with E-state index in [1.165, 1.54) is 99.4 Å². The molecule has 0 aliphatic rings. The lowest BCUT2D eigenvalue weighted by Crippen LogP contribution is -1.93. The molecular formula is C60H42. The second kappa shape index (κ2) is 16.6. The van der Waals surface area contributed by atoms with Gasteiger partial charge in [-0.2, -0.15) is 0 Å². The predicted octanol–water partition coefficient (Wildman–Crippen LogP) is 16.7. The second-order valence-electron chi connectivity index (χ2n) is 15.3. The first-order valence-electron chi connectivity index (χ1n) is 20.7. The quantitative estimate of drug-likeness (QED) is 0.101. The normalized spacial score (nSPS) is 11.5. The Hall–Kier alpha value is -7.80. The van der Waals surface area contributed by atoms with Crippen molar-refractivity contribution < 1.29 is 0 Å². The molecule has 0 heteroatoms. The fourth-order valence-corrected chi connectivity index (χ4v) is 8.51. The van der Waals surface area contributed by atoms with E-state index in [0.29, 0.717) is 0 Å². The minimum absolute atomic E-state index is 1.18. The van der Waals surface area contributed by atoms with E-state index in [4.69, 9.17) is 0 Å². The highest BCUT2D eigenvalue weighted by Gasteiger charge is 2.20. The minimum atomic E-state index is 1.18. The van der Waals surface area contributed by atoms with Crippen LogP contribution in [0.5, 0.6) is 0 Å². The van der Waals surface area contributed by atoms with Gasteiger partial charge >= 0.3 is 0 Å². The molecule has 0 unspecified atom stereocenters. The number of fused-ring (bicyclic) bond motifs is 2. The number of rotatable bonds is 9. The van der Waals surface area contributed by atoms with E-state index < -0.39 is 0 Å². The third kappa shape index (κ3) is 7.51. The molecule has 10 aromatic carbocycles. The van der Waals surface area contributed by atoms with E-state index in [-0.39, 0.29) is 0 Å².